The number of hydrogen-bond acceptors (Lipinski definition) is 4. The van der Waals surface area contributed by atoms with Gasteiger partial charge in [0.2, 0.25) is 0 Å². The van der Waals surface area contributed by atoms with E-state index in [0.717, 1.165) is 32.4 Å². The molecule has 0 saturated heterocycles. The average Bonchev–Trinajstić information content (AvgIpc) is 2.81. The minimum Gasteiger partial charge on any atom is -0.382 e. The van der Waals surface area contributed by atoms with Crippen molar-refractivity contribution in [3.63, 3.8) is 0 Å². The van der Waals surface area contributed by atoms with Crippen LogP contribution in [-0.4, -0.2) is 49.3 Å². The van der Waals surface area contributed by atoms with Gasteiger partial charge >= 0.3 is 0 Å². The van der Waals surface area contributed by atoms with Crippen LogP contribution in [0.3, 0.4) is 0 Å². The summed E-state index contributed by atoms with van der Waals surface area (Å²) >= 11 is 0. The highest BCUT2D eigenvalue weighted by Crippen LogP contribution is 2.05. The first kappa shape index (κ1) is 16.1. The molecule has 0 amide bonds. The zero-order chi connectivity index (χ0) is 13.9. The molecule has 1 heterocycles. The standard InChI is InChI=1S/C14H27N3O2/c1-4-6-15-14(5-7-19-9-8-18-3)10-13-11-16-17(2)12-13/h11-12,14-15H,4-10H2,1-3H3. The highest BCUT2D eigenvalue weighted by Gasteiger charge is 2.10. The number of aryl methyl sites for hydroxylation is 1. The molecule has 19 heavy (non-hydrogen) atoms. The lowest BCUT2D eigenvalue weighted by atomic mass is 10.1. The summed E-state index contributed by atoms with van der Waals surface area (Å²) in [6.45, 7) is 5.33. The number of aromatic nitrogens is 2. The smallest absolute Gasteiger partial charge is 0.0700 e. The Morgan fingerprint density at radius 1 is 1.37 bits per heavy atom. The quantitative estimate of drug-likeness (QED) is 0.617. The number of ether oxygens (including phenoxy) is 2. The summed E-state index contributed by atoms with van der Waals surface area (Å²) in [6.07, 6.45) is 7.17. The first-order valence-electron chi connectivity index (χ1n) is 7.03. The van der Waals surface area contributed by atoms with Gasteiger partial charge in [0, 0.05) is 33.0 Å². The molecule has 0 radical (unpaired) electrons. The fourth-order valence-corrected chi connectivity index (χ4v) is 1.96. The molecule has 0 bridgehead atoms. The number of nitrogens with zero attached hydrogens (tertiary/aromatic N) is 2. The maximum absolute atomic E-state index is 5.54. The van der Waals surface area contributed by atoms with E-state index in [0.29, 0.717) is 19.3 Å². The molecular formula is C14H27N3O2. The van der Waals surface area contributed by atoms with Crippen molar-refractivity contribution in [2.24, 2.45) is 7.05 Å². The Kier molecular flexibility index (Phi) is 8.45. The van der Waals surface area contributed by atoms with Gasteiger partial charge in [-0.2, -0.15) is 5.10 Å². The Hall–Kier alpha value is -0.910. The zero-order valence-corrected chi connectivity index (χ0v) is 12.4. The maximum atomic E-state index is 5.54. The van der Waals surface area contributed by atoms with E-state index in [4.69, 9.17) is 9.47 Å². The summed E-state index contributed by atoms with van der Waals surface area (Å²) in [5.74, 6) is 0. The van der Waals surface area contributed by atoms with Crippen LogP contribution in [0.25, 0.3) is 0 Å². The third-order valence-electron chi connectivity index (χ3n) is 2.97. The maximum Gasteiger partial charge on any atom is 0.0700 e. The Bertz CT molecular complexity index is 328. The minimum atomic E-state index is 0.451. The van der Waals surface area contributed by atoms with Gasteiger partial charge in [-0.3, -0.25) is 4.68 Å². The Morgan fingerprint density at radius 2 is 2.21 bits per heavy atom. The van der Waals surface area contributed by atoms with Crippen molar-refractivity contribution < 1.29 is 9.47 Å². The molecule has 1 N–H and O–H groups in total. The monoisotopic (exact) mass is 269 g/mol. The number of rotatable bonds is 11. The second-order valence-corrected chi connectivity index (χ2v) is 4.77. The van der Waals surface area contributed by atoms with Crippen LogP contribution in [0.2, 0.25) is 0 Å². The van der Waals surface area contributed by atoms with Crippen molar-refractivity contribution in [2.75, 3.05) is 33.5 Å². The van der Waals surface area contributed by atoms with Gasteiger partial charge in [0.15, 0.2) is 0 Å². The molecule has 1 aromatic heterocycles. The van der Waals surface area contributed by atoms with Crippen LogP contribution in [0, 0.1) is 0 Å². The summed E-state index contributed by atoms with van der Waals surface area (Å²) in [5, 5.41) is 7.78. The van der Waals surface area contributed by atoms with Crippen molar-refractivity contribution in [2.45, 2.75) is 32.2 Å². The number of nitrogens with one attached hydrogen (secondary N) is 1. The lowest BCUT2D eigenvalue weighted by Crippen LogP contribution is -2.33. The van der Waals surface area contributed by atoms with Crippen molar-refractivity contribution >= 4 is 0 Å². The second kappa shape index (κ2) is 9.95. The zero-order valence-electron chi connectivity index (χ0n) is 12.4. The fraction of sp³-hybridized carbons (Fsp3) is 0.786. The van der Waals surface area contributed by atoms with Gasteiger partial charge in [-0.1, -0.05) is 6.92 Å². The Balaban J connectivity index is 2.29. The van der Waals surface area contributed by atoms with Crippen LogP contribution in [0.4, 0.5) is 0 Å². The summed E-state index contributed by atoms with van der Waals surface area (Å²) in [5.41, 5.74) is 1.27. The van der Waals surface area contributed by atoms with E-state index in [1.807, 2.05) is 17.9 Å². The van der Waals surface area contributed by atoms with E-state index in [2.05, 4.69) is 23.5 Å². The van der Waals surface area contributed by atoms with Crippen LogP contribution in [0.15, 0.2) is 12.4 Å². The van der Waals surface area contributed by atoms with Crippen LogP contribution in [-0.2, 0) is 22.9 Å². The van der Waals surface area contributed by atoms with Gasteiger partial charge in [-0.15, -0.1) is 0 Å². The molecule has 1 aromatic rings. The summed E-state index contributed by atoms with van der Waals surface area (Å²) in [7, 11) is 3.64. The van der Waals surface area contributed by atoms with Gasteiger partial charge in [-0.05, 0) is 31.4 Å². The topological polar surface area (TPSA) is 48.3 Å². The van der Waals surface area contributed by atoms with Gasteiger partial charge < -0.3 is 14.8 Å². The molecular weight excluding hydrogens is 242 g/mol. The van der Waals surface area contributed by atoms with E-state index in [1.165, 1.54) is 5.56 Å². The molecule has 1 rings (SSSR count). The van der Waals surface area contributed by atoms with E-state index in [9.17, 15) is 0 Å². The van der Waals surface area contributed by atoms with Gasteiger partial charge in [0.1, 0.15) is 0 Å². The minimum absolute atomic E-state index is 0.451. The van der Waals surface area contributed by atoms with Crippen molar-refractivity contribution in [1.29, 1.82) is 0 Å². The normalized spacial score (nSPS) is 12.8. The second-order valence-electron chi connectivity index (χ2n) is 4.77. The lowest BCUT2D eigenvalue weighted by molar-refractivity contribution is 0.0658. The van der Waals surface area contributed by atoms with Crippen LogP contribution < -0.4 is 5.32 Å². The number of hydrogen-bond donors (Lipinski definition) is 1. The molecule has 1 atom stereocenters. The average molecular weight is 269 g/mol. The first-order chi connectivity index (χ1) is 9.26. The summed E-state index contributed by atoms with van der Waals surface area (Å²) < 4.78 is 12.4. The van der Waals surface area contributed by atoms with Crippen molar-refractivity contribution in [3.8, 4) is 0 Å². The molecule has 5 nitrogen and oxygen atoms in total. The van der Waals surface area contributed by atoms with E-state index < -0.39 is 0 Å². The van der Waals surface area contributed by atoms with Gasteiger partial charge in [0.25, 0.3) is 0 Å². The van der Waals surface area contributed by atoms with Crippen molar-refractivity contribution in [1.82, 2.24) is 15.1 Å². The molecule has 5 heteroatoms. The van der Waals surface area contributed by atoms with Crippen LogP contribution in [0.1, 0.15) is 25.3 Å². The van der Waals surface area contributed by atoms with Gasteiger partial charge in [0.05, 0.1) is 19.4 Å². The summed E-state index contributed by atoms with van der Waals surface area (Å²) in [4.78, 5) is 0. The molecule has 0 aliphatic rings. The Labute approximate surface area is 116 Å². The molecule has 0 fully saturated rings. The fourth-order valence-electron chi connectivity index (χ4n) is 1.96. The highest BCUT2D eigenvalue weighted by atomic mass is 16.5. The third kappa shape index (κ3) is 7.30. The molecule has 1 unspecified atom stereocenters. The van der Waals surface area contributed by atoms with E-state index in [1.54, 1.807) is 7.11 Å². The molecule has 0 saturated carbocycles. The third-order valence-corrected chi connectivity index (χ3v) is 2.97. The van der Waals surface area contributed by atoms with Gasteiger partial charge in [-0.25, -0.2) is 0 Å². The lowest BCUT2D eigenvalue weighted by Gasteiger charge is -2.17. The van der Waals surface area contributed by atoms with E-state index >= 15 is 0 Å². The number of methoxy groups -OCH3 is 1. The molecule has 110 valence electrons. The summed E-state index contributed by atoms with van der Waals surface area (Å²) in [6, 6.07) is 0.451. The SMILES string of the molecule is CCCNC(CCOCCOC)Cc1cnn(C)c1. The molecule has 0 spiro atoms. The molecule has 0 aliphatic carbocycles. The largest absolute Gasteiger partial charge is 0.382 e. The van der Waals surface area contributed by atoms with Crippen molar-refractivity contribution in [3.05, 3.63) is 18.0 Å². The predicted octanol–water partition coefficient (Wildman–Crippen LogP) is 1.38. The predicted molar refractivity (Wildman–Crippen MR) is 76.3 cm³/mol. The highest BCUT2D eigenvalue weighted by molar-refractivity contribution is 5.05. The molecule has 0 aliphatic heterocycles. The van der Waals surface area contributed by atoms with Crippen LogP contribution in [0.5, 0.6) is 0 Å². The molecule has 0 aromatic carbocycles. The van der Waals surface area contributed by atoms with E-state index in [-0.39, 0.29) is 0 Å². The Morgan fingerprint density at radius 3 is 2.84 bits per heavy atom. The first-order valence-corrected chi connectivity index (χ1v) is 7.03. The van der Waals surface area contributed by atoms with Crippen LogP contribution >= 0.6 is 0 Å².